The van der Waals surface area contributed by atoms with E-state index in [-0.39, 0.29) is 24.5 Å². The van der Waals surface area contributed by atoms with Gasteiger partial charge in [0.05, 0.1) is 31.2 Å². The van der Waals surface area contributed by atoms with E-state index in [9.17, 15) is 9.59 Å². The van der Waals surface area contributed by atoms with Crippen molar-refractivity contribution in [3.63, 3.8) is 0 Å². The molecule has 6 nitrogen and oxygen atoms in total. The standard InChI is InChI=1S/C18H24BrN3O3/c19-13-5-3-4-12(10-13)14(21-18(20)24)11-17(23)22-8-9-25-16-7-2-1-6-15(16)22/h3-5,10,14-16H,1-2,6-9,11H2,(H3,20,21,24)/t14-,15+,16-/m1/s1. The summed E-state index contributed by atoms with van der Waals surface area (Å²) < 4.78 is 6.74. The summed E-state index contributed by atoms with van der Waals surface area (Å²) in [5.74, 6) is 0.0407. The van der Waals surface area contributed by atoms with Crippen molar-refractivity contribution in [3.05, 3.63) is 34.3 Å². The molecule has 0 bridgehead atoms. The van der Waals surface area contributed by atoms with E-state index in [2.05, 4.69) is 21.2 Å². The third kappa shape index (κ3) is 4.52. The highest BCUT2D eigenvalue weighted by molar-refractivity contribution is 9.10. The molecular weight excluding hydrogens is 386 g/mol. The molecule has 1 saturated heterocycles. The monoisotopic (exact) mass is 409 g/mol. The Bertz CT molecular complexity index is 638. The second kappa shape index (κ2) is 8.19. The lowest BCUT2D eigenvalue weighted by Gasteiger charge is -2.44. The number of nitrogens with two attached hydrogens (primary N) is 1. The highest BCUT2D eigenvalue weighted by atomic mass is 79.9. The van der Waals surface area contributed by atoms with Crippen LogP contribution in [0, 0.1) is 0 Å². The number of ether oxygens (including phenoxy) is 1. The Labute approximate surface area is 156 Å². The number of rotatable bonds is 4. The Morgan fingerprint density at radius 2 is 2.16 bits per heavy atom. The van der Waals surface area contributed by atoms with Gasteiger partial charge in [0.15, 0.2) is 0 Å². The fourth-order valence-electron chi connectivity index (χ4n) is 3.85. The number of primary amides is 1. The molecule has 136 valence electrons. The average Bonchev–Trinajstić information content (AvgIpc) is 2.60. The summed E-state index contributed by atoms with van der Waals surface area (Å²) in [5, 5.41) is 2.70. The van der Waals surface area contributed by atoms with Crippen LogP contribution in [0.2, 0.25) is 0 Å². The van der Waals surface area contributed by atoms with Gasteiger partial charge in [0.25, 0.3) is 0 Å². The van der Waals surface area contributed by atoms with Crippen LogP contribution in [0.1, 0.15) is 43.7 Å². The molecule has 0 radical (unpaired) electrons. The number of hydrogen-bond donors (Lipinski definition) is 2. The lowest BCUT2D eigenvalue weighted by atomic mass is 9.89. The van der Waals surface area contributed by atoms with Gasteiger partial charge in [0.1, 0.15) is 0 Å². The van der Waals surface area contributed by atoms with Gasteiger partial charge in [-0.15, -0.1) is 0 Å². The second-order valence-electron chi connectivity index (χ2n) is 6.67. The summed E-state index contributed by atoms with van der Waals surface area (Å²) in [4.78, 5) is 26.3. The maximum atomic E-state index is 13.0. The summed E-state index contributed by atoms with van der Waals surface area (Å²) in [7, 11) is 0. The van der Waals surface area contributed by atoms with Gasteiger partial charge < -0.3 is 20.7 Å². The Morgan fingerprint density at radius 3 is 2.92 bits per heavy atom. The summed E-state index contributed by atoms with van der Waals surface area (Å²) in [5.41, 5.74) is 6.18. The number of fused-ring (bicyclic) bond motifs is 1. The summed E-state index contributed by atoms with van der Waals surface area (Å²) >= 11 is 3.43. The quantitative estimate of drug-likeness (QED) is 0.801. The Hall–Kier alpha value is -1.60. The lowest BCUT2D eigenvalue weighted by molar-refractivity contribution is -0.150. The van der Waals surface area contributed by atoms with Crippen molar-refractivity contribution in [2.75, 3.05) is 13.2 Å². The van der Waals surface area contributed by atoms with Crippen molar-refractivity contribution in [1.29, 1.82) is 0 Å². The number of hydrogen-bond acceptors (Lipinski definition) is 3. The predicted octanol–water partition coefficient (Wildman–Crippen LogP) is 2.72. The Morgan fingerprint density at radius 1 is 1.36 bits per heavy atom. The minimum absolute atomic E-state index is 0.0407. The molecule has 1 aromatic rings. The molecule has 0 aromatic heterocycles. The van der Waals surface area contributed by atoms with Crippen molar-refractivity contribution in [2.45, 2.75) is 50.3 Å². The zero-order valence-electron chi connectivity index (χ0n) is 14.1. The summed E-state index contributed by atoms with van der Waals surface area (Å²) in [6.07, 6.45) is 4.64. The molecule has 2 fully saturated rings. The SMILES string of the molecule is NC(=O)N[C@H](CC(=O)N1CCO[C@@H]2CCCC[C@@H]21)c1cccc(Br)c1. The van der Waals surface area contributed by atoms with Crippen LogP contribution < -0.4 is 11.1 Å². The molecular formula is C18H24BrN3O3. The largest absolute Gasteiger partial charge is 0.374 e. The third-order valence-corrected chi connectivity index (χ3v) is 5.49. The van der Waals surface area contributed by atoms with Gasteiger partial charge in [0.2, 0.25) is 5.91 Å². The molecule has 2 aliphatic rings. The molecule has 0 unspecified atom stereocenters. The molecule has 7 heteroatoms. The van der Waals surface area contributed by atoms with Crippen molar-refractivity contribution >= 4 is 27.9 Å². The first-order valence-corrected chi connectivity index (χ1v) is 9.56. The van der Waals surface area contributed by atoms with E-state index in [1.54, 1.807) is 0 Å². The first kappa shape index (κ1) is 18.2. The van der Waals surface area contributed by atoms with E-state index in [1.165, 1.54) is 0 Å². The smallest absolute Gasteiger partial charge is 0.312 e. The Balaban J connectivity index is 1.74. The van der Waals surface area contributed by atoms with E-state index < -0.39 is 12.1 Å². The first-order chi connectivity index (χ1) is 12.0. The molecule has 3 amide bonds. The van der Waals surface area contributed by atoms with Gasteiger partial charge in [-0.25, -0.2) is 4.79 Å². The second-order valence-corrected chi connectivity index (χ2v) is 7.58. The van der Waals surface area contributed by atoms with E-state index >= 15 is 0 Å². The first-order valence-electron chi connectivity index (χ1n) is 8.77. The van der Waals surface area contributed by atoms with Gasteiger partial charge in [-0.05, 0) is 30.5 Å². The van der Waals surface area contributed by atoms with Crippen LogP contribution >= 0.6 is 15.9 Å². The fourth-order valence-corrected chi connectivity index (χ4v) is 4.26. The number of nitrogens with zero attached hydrogens (tertiary/aromatic N) is 1. The number of carbonyl (C=O) groups excluding carboxylic acids is 2. The number of benzene rings is 1. The maximum Gasteiger partial charge on any atom is 0.312 e. The van der Waals surface area contributed by atoms with Gasteiger partial charge in [-0.3, -0.25) is 4.79 Å². The maximum absolute atomic E-state index is 13.0. The van der Waals surface area contributed by atoms with E-state index in [4.69, 9.17) is 10.5 Å². The molecule has 3 atom stereocenters. The lowest BCUT2D eigenvalue weighted by Crippen LogP contribution is -2.55. The van der Waals surface area contributed by atoms with Crippen LogP contribution in [0.4, 0.5) is 4.79 Å². The average molecular weight is 410 g/mol. The van der Waals surface area contributed by atoms with Gasteiger partial charge in [0, 0.05) is 11.0 Å². The minimum atomic E-state index is -0.629. The van der Waals surface area contributed by atoms with E-state index in [1.807, 2.05) is 29.2 Å². The fraction of sp³-hybridized carbons (Fsp3) is 0.556. The van der Waals surface area contributed by atoms with E-state index in [0.29, 0.717) is 13.2 Å². The van der Waals surface area contributed by atoms with Crippen LogP contribution in [0.25, 0.3) is 0 Å². The van der Waals surface area contributed by atoms with Gasteiger partial charge in [-0.1, -0.05) is 40.9 Å². The highest BCUT2D eigenvalue weighted by Crippen LogP contribution is 2.30. The van der Waals surface area contributed by atoms with Crippen molar-refractivity contribution in [3.8, 4) is 0 Å². The topological polar surface area (TPSA) is 84.7 Å². The molecule has 1 saturated carbocycles. The van der Waals surface area contributed by atoms with Crippen LogP contribution in [0.5, 0.6) is 0 Å². The van der Waals surface area contributed by atoms with Crippen LogP contribution in [-0.2, 0) is 9.53 Å². The molecule has 1 aliphatic carbocycles. The summed E-state index contributed by atoms with van der Waals surface area (Å²) in [6, 6.07) is 6.67. The molecule has 1 aromatic carbocycles. The minimum Gasteiger partial charge on any atom is -0.374 e. The van der Waals surface area contributed by atoms with Crippen LogP contribution in [-0.4, -0.2) is 42.1 Å². The number of halogens is 1. The van der Waals surface area contributed by atoms with E-state index in [0.717, 1.165) is 35.7 Å². The Kier molecular flexibility index (Phi) is 5.96. The molecule has 3 N–H and O–H groups in total. The molecule has 3 rings (SSSR count). The summed E-state index contributed by atoms with van der Waals surface area (Å²) in [6.45, 7) is 1.19. The molecule has 0 spiro atoms. The predicted molar refractivity (Wildman–Crippen MR) is 97.9 cm³/mol. The van der Waals surface area contributed by atoms with Crippen molar-refractivity contribution in [2.24, 2.45) is 5.73 Å². The number of morpholine rings is 1. The van der Waals surface area contributed by atoms with Gasteiger partial charge in [-0.2, -0.15) is 0 Å². The van der Waals surface area contributed by atoms with Crippen molar-refractivity contribution < 1.29 is 14.3 Å². The number of carbonyl (C=O) groups is 2. The number of amides is 3. The normalized spacial score (nSPS) is 24.3. The molecule has 25 heavy (non-hydrogen) atoms. The zero-order valence-corrected chi connectivity index (χ0v) is 15.7. The molecule has 1 aliphatic heterocycles. The van der Waals surface area contributed by atoms with Crippen LogP contribution in [0.3, 0.4) is 0 Å². The number of urea groups is 1. The zero-order chi connectivity index (χ0) is 17.8. The third-order valence-electron chi connectivity index (χ3n) is 5.00. The molecule has 1 heterocycles. The van der Waals surface area contributed by atoms with Gasteiger partial charge >= 0.3 is 6.03 Å². The van der Waals surface area contributed by atoms with Crippen molar-refractivity contribution in [1.82, 2.24) is 10.2 Å². The number of nitrogens with one attached hydrogen (secondary N) is 1. The highest BCUT2D eigenvalue weighted by Gasteiger charge is 2.37. The van der Waals surface area contributed by atoms with Crippen LogP contribution in [0.15, 0.2) is 28.7 Å².